The predicted molar refractivity (Wildman–Crippen MR) is 63.5 cm³/mol. The van der Waals surface area contributed by atoms with Crippen LogP contribution in [0.1, 0.15) is 11.1 Å². The van der Waals surface area contributed by atoms with E-state index in [0.29, 0.717) is 16.5 Å². The minimum absolute atomic E-state index is 0.532. The van der Waals surface area contributed by atoms with Gasteiger partial charge >= 0.3 is 6.09 Å². The molecule has 0 saturated carbocycles. The lowest BCUT2D eigenvalue weighted by molar-refractivity contribution is 0.186. The van der Waals surface area contributed by atoms with Gasteiger partial charge in [-0.25, -0.2) is 4.79 Å². The molecular formula is C11H14ClNO3. The molecule has 1 aromatic carbocycles. The number of benzene rings is 1. The first kappa shape index (κ1) is 12.6. The molecule has 16 heavy (non-hydrogen) atoms. The third kappa shape index (κ3) is 2.39. The molecule has 88 valence electrons. The number of amides is 1. The summed E-state index contributed by atoms with van der Waals surface area (Å²) in [6, 6.07) is 1.76. The number of methoxy groups -OCH3 is 2. The molecule has 0 saturated heterocycles. The molecule has 1 aromatic rings. The summed E-state index contributed by atoms with van der Waals surface area (Å²) < 4.78 is 9.71. The summed E-state index contributed by atoms with van der Waals surface area (Å²) in [6.07, 6.45) is -0.554. The van der Waals surface area contributed by atoms with Gasteiger partial charge in [0, 0.05) is 5.02 Å². The lowest BCUT2D eigenvalue weighted by atomic mass is 10.1. The smallest absolute Gasteiger partial charge is 0.411 e. The van der Waals surface area contributed by atoms with E-state index < -0.39 is 6.09 Å². The van der Waals surface area contributed by atoms with Gasteiger partial charge in [0.1, 0.15) is 5.75 Å². The zero-order chi connectivity index (χ0) is 12.3. The Bertz CT molecular complexity index is 418. The molecule has 1 amide bonds. The first-order valence-corrected chi connectivity index (χ1v) is 5.07. The average molecular weight is 244 g/mol. The maximum absolute atomic E-state index is 11.2. The van der Waals surface area contributed by atoms with E-state index in [1.807, 2.05) is 13.8 Å². The highest BCUT2D eigenvalue weighted by Gasteiger charge is 2.14. The quantitative estimate of drug-likeness (QED) is 0.868. The summed E-state index contributed by atoms with van der Waals surface area (Å²) in [5, 5.41) is 3.18. The van der Waals surface area contributed by atoms with Crippen molar-refractivity contribution in [2.75, 3.05) is 19.5 Å². The first-order valence-electron chi connectivity index (χ1n) is 4.70. The molecule has 0 fully saturated rings. The summed E-state index contributed by atoms with van der Waals surface area (Å²) in [6.45, 7) is 3.68. The van der Waals surface area contributed by atoms with Gasteiger partial charge in [-0.1, -0.05) is 11.6 Å². The van der Waals surface area contributed by atoms with Gasteiger partial charge in [-0.3, -0.25) is 5.32 Å². The van der Waals surface area contributed by atoms with E-state index in [1.54, 1.807) is 6.07 Å². The molecule has 1 rings (SSSR count). The highest BCUT2D eigenvalue weighted by atomic mass is 35.5. The zero-order valence-electron chi connectivity index (χ0n) is 9.68. The van der Waals surface area contributed by atoms with Crippen LogP contribution < -0.4 is 10.1 Å². The minimum atomic E-state index is -0.554. The minimum Gasteiger partial charge on any atom is -0.495 e. The van der Waals surface area contributed by atoms with Crippen molar-refractivity contribution in [2.24, 2.45) is 0 Å². The lowest BCUT2D eigenvalue weighted by Gasteiger charge is -2.15. The second-order valence-corrected chi connectivity index (χ2v) is 3.70. The Morgan fingerprint density at radius 1 is 1.38 bits per heavy atom. The molecule has 0 spiro atoms. The van der Waals surface area contributed by atoms with Crippen molar-refractivity contribution < 1.29 is 14.3 Å². The molecule has 4 nitrogen and oxygen atoms in total. The fraction of sp³-hybridized carbons (Fsp3) is 0.364. The molecule has 0 aliphatic carbocycles. The van der Waals surface area contributed by atoms with Crippen LogP contribution in [0, 0.1) is 13.8 Å². The third-order valence-electron chi connectivity index (χ3n) is 2.28. The maximum atomic E-state index is 11.2. The monoisotopic (exact) mass is 243 g/mol. The van der Waals surface area contributed by atoms with Crippen molar-refractivity contribution in [3.63, 3.8) is 0 Å². The number of hydrogen-bond acceptors (Lipinski definition) is 3. The van der Waals surface area contributed by atoms with Crippen LogP contribution in [0.4, 0.5) is 10.5 Å². The van der Waals surface area contributed by atoms with Crippen molar-refractivity contribution in [2.45, 2.75) is 13.8 Å². The number of carbonyl (C=O) groups excluding carboxylic acids is 1. The molecule has 0 bridgehead atoms. The van der Waals surface area contributed by atoms with Crippen LogP contribution >= 0.6 is 11.6 Å². The molecule has 0 unspecified atom stereocenters. The highest BCUT2D eigenvalue weighted by Crippen LogP contribution is 2.35. The van der Waals surface area contributed by atoms with Crippen molar-refractivity contribution in [1.82, 2.24) is 0 Å². The Morgan fingerprint density at radius 2 is 2.00 bits per heavy atom. The second kappa shape index (κ2) is 5.07. The van der Waals surface area contributed by atoms with Gasteiger partial charge < -0.3 is 9.47 Å². The number of halogens is 1. The van der Waals surface area contributed by atoms with Crippen molar-refractivity contribution in [3.8, 4) is 5.75 Å². The molecule has 5 heteroatoms. The molecule has 0 heterocycles. The van der Waals surface area contributed by atoms with Gasteiger partial charge in [0.15, 0.2) is 0 Å². The van der Waals surface area contributed by atoms with Crippen LogP contribution in [0.3, 0.4) is 0 Å². The van der Waals surface area contributed by atoms with E-state index in [0.717, 1.165) is 11.1 Å². The molecule has 0 radical (unpaired) electrons. The average Bonchev–Trinajstić information content (AvgIpc) is 2.29. The Labute approximate surface area is 99.5 Å². The molecule has 0 atom stereocenters. The van der Waals surface area contributed by atoms with Crippen LogP contribution in [0.2, 0.25) is 5.02 Å². The standard InChI is InChI=1S/C11H14ClNO3/c1-6-5-8(15-3)10(7(2)9(6)12)13-11(14)16-4/h5H,1-4H3,(H,13,14). The molecule has 0 aromatic heterocycles. The molecule has 0 aliphatic heterocycles. The Hall–Kier alpha value is -1.42. The number of hydrogen-bond donors (Lipinski definition) is 1. The number of aryl methyl sites for hydroxylation is 1. The first-order chi connectivity index (χ1) is 7.51. The van der Waals surface area contributed by atoms with Crippen molar-refractivity contribution in [1.29, 1.82) is 0 Å². The van der Waals surface area contributed by atoms with Crippen LogP contribution in [0.15, 0.2) is 6.07 Å². The topological polar surface area (TPSA) is 47.6 Å². The summed E-state index contributed by atoms with van der Waals surface area (Å²) in [7, 11) is 2.83. The van der Waals surface area contributed by atoms with Gasteiger partial charge in [0.05, 0.1) is 19.9 Å². The highest BCUT2D eigenvalue weighted by molar-refractivity contribution is 6.32. The predicted octanol–water partition coefficient (Wildman–Crippen LogP) is 3.14. The molecule has 1 N–H and O–H groups in total. The van der Waals surface area contributed by atoms with E-state index in [4.69, 9.17) is 16.3 Å². The number of ether oxygens (including phenoxy) is 2. The third-order valence-corrected chi connectivity index (χ3v) is 2.86. The number of carbonyl (C=O) groups is 1. The SMILES string of the molecule is COC(=O)Nc1c(OC)cc(C)c(Cl)c1C. The summed E-state index contributed by atoms with van der Waals surface area (Å²) in [4.78, 5) is 11.2. The van der Waals surface area contributed by atoms with Crippen molar-refractivity contribution in [3.05, 3.63) is 22.2 Å². The van der Waals surface area contributed by atoms with Crippen LogP contribution in [-0.4, -0.2) is 20.3 Å². The zero-order valence-corrected chi connectivity index (χ0v) is 10.4. The lowest BCUT2D eigenvalue weighted by Crippen LogP contribution is -2.13. The Morgan fingerprint density at radius 3 is 2.50 bits per heavy atom. The van der Waals surface area contributed by atoms with Crippen molar-refractivity contribution >= 4 is 23.4 Å². The van der Waals surface area contributed by atoms with Crippen LogP contribution in [-0.2, 0) is 4.74 Å². The summed E-state index contributed by atoms with van der Waals surface area (Å²) in [5.41, 5.74) is 2.18. The number of anilines is 1. The molecule has 0 aliphatic rings. The Kier molecular flexibility index (Phi) is 4.01. The van der Waals surface area contributed by atoms with Gasteiger partial charge in [-0.15, -0.1) is 0 Å². The van der Waals surface area contributed by atoms with E-state index in [1.165, 1.54) is 14.2 Å². The van der Waals surface area contributed by atoms with Crippen LogP contribution in [0.25, 0.3) is 0 Å². The summed E-state index contributed by atoms with van der Waals surface area (Å²) in [5.74, 6) is 0.560. The van der Waals surface area contributed by atoms with Gasteiger partial charge in [0.2, 0.25) is 0 Å². The van der Waals surface area contributed by atoms with Gasteiger partial charge in [-0.2, -0.15) is 0 Å². The maximum Gasteiger partial charge on any atom is 0.411 e. The van der Waals surface area contributed by atoms with E-state index in [2.05, 4.69) is 10.1 Å². The fourth-order valence-corrected chi connectivity index (χ4v) is 1.54. The van der Waals surface area contributed by atoms with E-state index in [9.17, 15) is 4.79 Å². The summed E-state index contributed by atoms with van der Waals surface area (Å²) >= 11 is 6.09. The fourth-order valence-electron chi connectivity index (χ4n) is 1.39. The largest absolute Gasteiger partial charge is 0.495 e. The molecular weight excluding hydrogens is 230 g/mol. The number of rotatable bonds is 2. The number of nitrogens with one attached hydrogen (secondary N) is 1. The normalized spacial score (nSPS) is 9.81. The van der Waals surface area contributed by atoms with Gasteiger partial charge in [0.25, 0.3) is 0 Å². The van der Waals surface area contributed by atoms with E-state index in [-0.39, 0.29) is 0 Å². The van der Waals surface area contributed by atoms with E-state index >= 15 is 0 Å². The van der Waals surface area contributed by atoms with Crippen LogP contribution in [0.5, 0.6) is 5.75 Å². The van der Waals surface area contributed by atoms with Gasteiger partial charge in [-0.05, 0) is 31.0 Å². The Balaban J connectivity index is 3.24. The second-order valence-electron chi connectivity index (χ2n) is 3.33.